The lowest BCUT2D eigenvalue weighted by Gasteiger charge is -2.10. The van der Waals surface area contributed by atoms with Gasteiger partial charge in [0, 0.05) is 20.3 Å². The van der Waals surface area contributed by atoms with Gasteiger partial charge in [-0.25, -0.2) is 0 Å². The molecule has 0 bridgehead atoms. The number of hydrazone groups is 1. The number of nitrogens with one attached hydrogen (secondary N) is 1. The van der Waals surface area contributed by atoms with Gasteiger partial charge in [-0.3, -0.25) is 5.01 Å². The van der Waals surface area contributed by atoms with Crippen molar-refractivity contribution in [3.05, 3.63) is 23.4 Å². The molecular formula is C8H14N4OS. The van der Waals surface area contributed by atoms with Crippen LogP contribution >= 0.6 is 12.6 Å². The SMILES string of the molecule is CN/C=C\C=N/N(C)C(=C\S)/C=N/O. The van der Waals surface area contributed by atoms with Gasteiger partial charge in [0.2, 0.25) is 0 Å². The highest BCUT2D eigenvalue weighted by atomic mass is 32.1. The Hall–Kier alpha value is -1.43. The molecule has 0 aliphatic rings. The third-order valence-corrected chi connectivity index (χ3v) is 1.55. The Labute approximate surface area is 88.9 Å². The molecule has 0 aromatic rings. The molecule has 0 unspecified atom stereocenters. The van der Waals surface area contributed by atoms with E-state index in [-0.39, 0.29) is 0 Å². The van der Waals surface area contributed by atoms with Crippen LogP contribution in [0.5, 0.6) is 0 Å². The number of thiol groups is 1. The van der Waals surface area contributed by atoms with Crippen molar-refractivity contribution < 1.29 is 5.21 Å². The zero-order chi connectivity index (χ0) is 10.8. The molecule has 0 rings (SSSR count). The first-order valence-electron chi connectivity index (χ1n) is 3.88. The predicted molar refractivity (Wildman–Crippen MR) is 61.8 cm³/mol. The van der Waals surface area contributed by atoms with Crippen LogP contribution in [0.25, 0.3) is 0 Å². The van der Waals surface area contributed by atoms with Crippen molar-refractivity contribution in [3.63, 3.8) is 0 Å². The summed E-state index contributed by atoms with van der Waals surface area (Å²) in [7, 11) is 3.51. The van der Waals surface area contributed by atoms with Crippen LogP contribution in [0.4, 0.5) is 0 Å². The molecule has 78 valence electrons. The topological polar surface area (TPSA) is 60.2 Å². The Morgan fingerprint density at radius 3 is 2.79 bits per heavy atom. The Morgan fingerprint density at radius 1 is 1.57 bits per heavy atom. The van der Waals surface area contributed by atoms with E-state index in [0.29, 0.717) is 5.70 Å². The second-order valence-electron chi connectivity index (χ2n) is 2.23. The van der Waals surface area contributed by atoms with Gasteiger partial charge in [0.1, 0.15) is 0 Å². The van der Waals surface area contributed by atoms with Crippen LogP contribution in [0.2, 0.25) is 0 Å². The molecule has 5 nitrogen and oxygen atoms in total. The quantitative estimate of drug-likeness (QED) is 0.275. The monoisotopic (exact) mass is 214 g/mol. The Morgan fingerprint density at radius 2 is 2.29 bits per heavy atom. The molecule has 0 aromatic heterocycles. The van der Waals surface area contributed by atoms with Crippen molar-refractivity contribution in [3.8, 4) is 0 Å². The lowest BCUT2D eigenvalue weighted by molar-refractivity contribution is 0.320. The summed E-state index contributed by atoms with van der Waals surface area (Å²) >= 11 is 3.94. The maximum absolute atomic E-state index is 8.32. The molecule has 14 heavy (non-hydrogen) atoms. The summed E-state index contributed by atoms with van der Waals surface area (Å²) in [4.78, 5) is 0. The average Bonchev–Trinajstić information content (AvgIpc) is 2.20. The summed E-state index contributed by atoms with van der Waals surface area (Å²) in [6.07, 6.45) is 6.31. The van der Waals surface area contributed by atoms with Crippen LogP contribution in [-0.4, -0.2) is 36.7 Å². The smallest absolute Gasteiger partial charge is 0.0919 e. The van der Waals surface area contributed by atoms with E-state index in [0.717, 1.165) is 0 Å². The molecule has 0 saturated carbocycles. The van der Waals surface area contributed by atoms with E-state index in [4.69, 9.17) is 5.21 Å². The summed E-state index contributed by atoms with van der Waals surface area (Å²) in [6.45, 7) is 0. The van der Waals surface area contributed by atoms with Gasteiger partial charge in [0.05, 0.1) is 11.9 Å². The van der Waals surface area contributed by atoms with Gasteiger partial charge in [-0.05, 0) is 17.7 Å². The largest absolute Gasteiger partial charge is 0.411 e. The van der Waals surface area contributed by atoms with Gasteiger partial charge in [-0.1, -0.05) is 5.16 Å². The first-order valence-corrected chi connectivity index (χ1v) is 4.39. The summed E-state index contributed by atoms with van der Waals surface area (Å²) in [5.41, 5.74) is 0.574. The highest BCUT2D eigenvalue weighted by Gasteiger charge is 1.96. The van der Waals surface area contributed by atoms with E-state index in [1.54, 1.807) is 32.6 Å². The normalized spacial score (nSPS) is 13.2. The number of hydrogen-bond acceptors (Lipinski definition) is 6. The second kappa shape index (κ2) is 8.18. The Kier molecular flexibility index (Phi) is 7.35. The third-order valence-electron chi connectivity index (χ3n) is 1.28. The fourth-order valence-corrected chi connectivity index (χ4v) is 0.838. The molecule has 0 aliphatic carbocycles. The lowest BCUT2D eigenvalue weighted by Crippen LogP contribution is -2.11. The van der Waals surface area contributed by atoms with E-state index in [2.05, 4.69) is 28.2 Å². The van der Waals surface area contributed by atoms with Crippen LogP contribution in [0.15, 0.2) is 33.6 Å². The molecule has 0 saturated heterocycles. The fraction of sp³-hybridized carbons (Fsp3) is 0.250. The second-order valence-corrected chi connectivity index (χ2v) is 2.49. The molecule has 6 heteroatoms. The van der Waals surface area contributed by atoms with Crippen molar-refractivity contribution in [1.29, 1.82) is 0 Å². The number of allylic oxidation sites excluding steroid dienone is 2. The van der Waals surface area contributed by atoms with Crippen LogP contribution in [0.3, 0.4) is 0 Å². The zero-order valence-corrected chi connectivity index (χ0v) is 9.02. The molecule has 0 fully saturated rings. The summed E-state index contributed by atoms with van der Waals surface area (Å²) < 4.78 is 0. The number of rotatable bonds is 5. The Bertz CT molecular complexity index is 260. The van der Waals surface area contributed by atoms with Gasteiger partial charge < -0.3 is 10.5 Å². The molecule has 0 atom stereocenters. The van der Waals surface area contributed by atoms with E-state index < -0.39 is 0 Å². The van der Waals surface area contributed by atoms with Crippen molar-refractivity contribution in [2.75, 3.05) is 14.1 Å². The van der Waals surface area contributed by atoms with Crippen LogP contribution in [0.1, 0.15) is 0 Å². The minimum Gasteiger partial charge on any atom is -0.411 e. The van der Waals surface area contributed by atoms with Gasteiger partial charge in [-0.2, -0.15) is 5.10 Å². The van der Waals surface area contributed by atoms with Crippen LogP contribution in [0, 0.1) is 0 Å². The summed E-state index contributed by atoms with van der Waals surface area (Å²) in [6, 6.07) is 0. The van der Waals surface area contributed by atoms with E-state index in [1.165, 1.54) is 16.6 Å². The predicted octanol–water partition coefficient (Wildman–Crippen LogP) is 0.868. The van der Waals surface area contributed by atoms with Crippen LogP contribution in [-0.2, 0) is 0 Å². The first kappa shape index (κ1) is 12.6. The van der Waals surface area contributed by atoms with Gasteiger partial charge >= 0.3 is 0 Å². The van der Waals surface area contributed by atoms with Crippen molar-refractivity contribution >= 4 is 25.1 Å². The standard InChI is InChI=1S/C8H14N4OS/c1-9-4-3-5-10-12(2)8(7-14)6-11-13/h3-7,9,13-14H,1-2H3/b4-3-,8-7-,10-5-,11-6+. The Balaban J connectivity index is 4.24. The minimum atomic E-state index is 0.574. The van der Waals surface area contributed by atoms with Gasteiger partial charge in [-0.15, -0.1) is 12.6 Å². The van der Waals surface area contributed by atoms with E-state index in [1.807, 2.05) is 0 Å². The van der Waals surface area contributed by atoms with Crippen molar-refractivity contribution in [2.45, 2.75) is 0 Å². The number of nitrogens with zero attached hydrogens (tertiary/aromatic N) is 3. The summed E-state index contributed by atoms with van der Waals surface area (Å²) in [5.74, 6) is 0. The van der Waals surface area contributed by atoms with Gasteiger partial charge in [0.25, 0.3) is 0 Å². The molecular weight excluding hydrogens is 200 g/mol. The molecule has 0 heterocycles. The van der Waals surface area contributed by atoms with E-state index >= 15 is 0 Å². The van der Waals surface area contributed by atoms with Crippen molar-refractivity contribution in [2.24, 2.45) is 10.3 Å². The maximum atomic E-state index is 8.32. The van der Waals surface area contributed by atoms with Crippen molar-refractivity contribution in [1.82, 2.24) is 10.3 Å². The first-order chi connectivity index (χ1) is 6.76. The molecule has 2 N–H and O–H groups in total. The average molecular weight is 214 g/mol. The fourth-order valence-electron chi connectivity index (χ4n) is 0.604. The maximum Gasteiger partial charge on any atom is 0.0919 e. The van der Waals surface area contributed by atoms with Gasteiger partial charge in [0.15, 0.2) is 0 Å². The highest BCUT2D eigenvalue weighted by Crippen LogP contribution is 1.99. The third kappa shape index (κ3) is 5.26. The molecule has 0 radical (unpaired) electrons. The molecule has 0 amide bonds. The van der Waals surface area contributed by atoms with Crippen LogP contribution < -0.4 is 5.32 Å². The number of oxime groups is 1. The molecule has 0 aliphatic heterocycles. The number of hydrogen-bond donors (Lipinski definition) is 3. The zero-order valence-electron chi connectivity index (χ0n) is 8.12. The minimum absolute atomic E-state index is 0.574. The van der Waals surface area contributed by atoms with E-state index in [9.17, 15) is 0 Å². The molecule has 0 spiro atoms. The lowest BCUT2D eigenvalue weighted by atomic mass is 10.5. The molecule has 0 aromatic carbocycles. The highest BCUT2D eigenvalue weighted by molar-refractivity contribution is 7.83. The summed E-state index contributed by atoms with van der Waals surface area (Å²) in [5, 5.41) is 21.0.